The smallest absolute Gasteiger partial charge is 0.416 e. The number of ether oxygens (including phenoxy) is 1. The Kier molecular flexibility index (Phi) is 5.17. The number of nitrogens with one attached hydrogen (secondary N) is 1. The lowest BCUT2D eigenvalue weighted by Gasteiger charge is -2.16. The molecule has 0 aromatic heterocycles. The number of hydrogen-bond acceptors (Lipinski definition) is 2. The summed E-state index contributed by atoms with van der Waals surface area (Å²) < 4.78 is 43.1. The van der Waals surface area contributed by atoms with Gasteiger partial charge in [0.2, 0.25) is 0 Å². The van der Waals surface area contributed by atoms with E-state index in [2.05, 4.69) is 5.32 Å². The first-order valence-corrected chi connectivity index (χ1v) is 7.39. The summed E-state index contributed by atoms with van der Waals surface area (Å²) in [5, 5.41) is 2.54. The molecule has 0 aliphatic rings. The van der Waals surface area contributed by atoms with Gasteiger partial charge >= 0.3 is 6.18 Å². The highest BCUT2D eigenvalue weighted by Crippen LogP contribution is 2.29. The van der Waals surface area contributed by atoms with Crippen LogP contribution in [0, 0.1) is 13.8 Å². The quantitative estimate of drug-likeness (QED) is 0.876. The van der Waals surface area contributed by atoms with E-state index in [4.69, 9.17) is 4.74 Å². The lowest BCUT2D eigenvalue weighted by atomic mass is 10.1. The lowest BCUT2D eigenvalue weighted by Crippen LogP contribution is -2.30. The van der Waals surface area contributed by atoms with E-state index in [1.807, 2.05) is 26.0 Å². The van der Waals surface area contributed by atoms with Crippen molar-refractivity contribution in [2.75, 3.05) is 5.32 Å². The van der Waals surface area contributed by atoms with Gasteiger partial charge in [0.15, 0.2) is 6.10 Å². The van der Waals surface area contributed by atoms with Crippen molar-refractivity contribution in [2.24, 2.45) is 0 Å². The van der Waals surface area contributed by atoms with E-state index >= 15 is 0 Å². The predicted octanol–water partition coefficient (Wildman–Crippen LogP) is 4.73. The van der Waals surface area contributed by atoms with Crippen LogP contribution in [0.5, 0.6) is 5.75 Å². The predicted molar refractivity (Wildman–Crippen MR) is 86.1 cm³/mol. The second-order valence-corrected chi connectivity index (χ2v) is 5.57. The van der Waals surface area contributed by atoms with E-state index in [1.165, 1.54) is 12.1 Å². The summed E-state index contributed by atoms with van der Waals surface area (Å²) in [7, 11) is 0. The van der Waals surface area contributed by atoms with Crippen molar-refractivity contribution in [1.82, 2.24) is 0 Å². The van der Waals surface area contributed by atoms with Crippen molar-refractivity contribution in [3.63, 3.8) is 0 Å². The molecule has 2 aromatic carbocycles. The van der Waals surface area contributed by atoms with Crippen LogP contribution in [0.15, 0.2) is 42.5 Å². The molecular weight excluding hydrogens is 319 g/mol. The first-order valence-electron chi connectivity index (χ1n) is 7.39. The van der Waals surface area contributed by atoms with Gasteiger partial charge in [0.1, 0.15) is 5.75 Å². The highest BCUT2D eigenvalue weighted by atomic mass is 19.4. The number of benzene rings is 2. The molecule has 0 saturated carbocycles. The van der Waals surface area contributed by atoms with Crippen LogP contribution in [0.2, 0.25) is 0 Å². The molecule has 1 atom stereocenters. The summed E-state index contributed by atoms with van der Waals surface area (Å²) in [4.78, 5) is 12.1. The standard InChI is InChI=1S/C18H18F3NO2/c1-11-4-9-16(10-12(11)2)24-13(3)17(23)22-15-7-5-14(6-8-15)18(19,20)21/h4-10,13H,1-3H3,(H,22,23)/t13-/m1/s1. The highest BCUT2D eigenvalue weighted by Gasteiger charge is 2.30. The fraction of sp³-hybridized carbons (Fsp3) is 0.278. The fourth-order valence-corrected chi connectivity index (χ4v) is 2.03. The molecule has 0 heterocycles. The van der Waals surface area contributed by atoms with Crippen molar-refractivity contribution < 1.29 is 22.7 Å². The largest absolute Gasteiger partial charge is 0.481 e. The number of amides is 1. The number of hydrogen-bond donors (Lipinski definition) is 1. The molecular formula is C18H18F3NO2. The molecule has 0 fully saturated rings. The second kappa shape index (κ2) is 6.95. The summed E-state index contributed by atoms with van der Waals surface area (Å²) in [6.45, 7) is 5.49. The fourth-order valence-electron chi connectivity index (χ4n) is 2.03. The Labute approximate surface area is 138 Å². The molecule has 0 bridgehead atoms. The van der Waals surface area contributed by atoms with E-state index in [-0.39, 0.29) is 5.69 Å². The molecule has 2 aromatic rings. The maximum Gasteiger partial charge on any atom is 0.416 e. The molecule has 0 spiro atoms. The normalized spacial score (nSPS) is 12.6. The zero-order valence-electron chi connectivity index (χ0n) is 13.6. The zero-order chi connectivity index (χ0) is 17.9. The number of carbonyl (C=O) groups excluding carboxylic acids is 1. The van der Waals surface area contributed by atoms with Crippen LogP contribution in [0.4, 0.5) is 18.9 Å². The number of anilines is 1. The Morgan fingerprint density at radius 2 is 1.67 bits per heavy atom. The van der Waals surface area contributed by atoms with Crippen LogP contribution >= 0.6 is 0 Å². The molecule has 6 heteroatoms. The maximum absolute atomic E-state index is 12.5. The van der Waals surface area contributed by atoms with Crippen LogP contribution in [0.3, 0.4) is 0 Å². The molecule has 0 aliphatic heterocycles. The van der Waals surface area contributed by atoms with Gasteiger partial charge in [-0.1, -0.05) is 6.07 Å². The number of aryl methyl sites for hydroxylation is 2. The molecule has 0 aliphatic carbocycles. The van der Waals surface area contributed by atoms with Crippen LogP contribution in [0.25, 0.3) is 0 Å². The minimum atomic E-state index is -4.40. The average molecular weight is 337 g/mol. The first-order chi connectivity index (χ1) is 11.2. The summed E-state index contributed by atoms with van der Waals surface area (Å²) in [6.07, 6.45) is -5.18. The highest BCUT2D eigenvalue weighted by molar-refractivity contribution is 5.94. The number of alkyl halides is 3. The van der Waals surface area contributed by atoms with Crippen molar-refractivity contribution in [3.05, 3.63) is 59.2 Å². The second-order valence-electron chi connectivity index (χ2n) is 5.57. The molecule has 2 rings (SSSR count). The monoisotopic (exact) mass is 337 g/mol. The Bertz CT molecular complexity index is 724. The van der Waals surface area contributed by atoms with Gasteiger partial charge in [-0.05, 0) is 68.3 Å². The minimum absolute atomic E-state index is 0.281. The third-order valence-corrected chi connectivity index (χ3v) is 3.64. The van der Waals surface area contributed by atoms with Crippen LogP contribution in [0.1, 0.15) is 23.6 Å². The van der Waals surface area contributed by atoms with Gasteiger partial charge in [0.05, 0.1) is 5.56 Å². The van der Waals surface area contributed by atoms with Crippen LogP contribution < -0.4 is 10.1 Å². The Balaban J connectivity index is 1.99. The van der Waals surface area contributed by atoms with Gasteiger partial charge in [-0.2, -0.15) is 13.2 Å². The summed E-state index contributed by atoms with van der Waals surface area (Å²) >= 11 is 0. The third-order valence-electron chi connectivity index (χ3n) is 3.64. The van der Waals surface area contributed by atoms with E-state index in [1.54, 1.807) is 13.0 Å². The zero-order valence-corrected chi connectivity index (χ0v) is 13.6. The summed E-state index contributed by atoms with van der Waals surface area (Å²) in [5.74, 6) is 0.126. The Morgan fingerprint density at radius 3 is 2.21 bits per heavy atom. The topological polar surface area (TPSA) is 38.3 Å². The van der Waals surface area contributed by atoms with Crippen molar-refractivity contribution >= 4 is 11.6 Å². The van der Waals surface area contributed by atoms with Gasteiger partial charge in [0, 0.05) is 5.69 Å². The van der Waals surface area contributed by atoms with E-state index in [0.717, 1.165) is 23.3 Å². The molecule has 1 amide bonds. The van der Waals surface area contributed by atoms with Crippen LogP contribution in [-0.2, 0) is 11.0 Å². The number of carbonyl (C=O) groups is 1. The number of halogens is 3. The van der Waals surface area contributed by atoms with Crippen molar-refractivity contribution in [3.8, 4) is 5.75 Å². The maximum atomic E-state index is 12.5. The molecule has 128 valence electrons. The summed E-state index contributed by atoms with van der Waals surface area (Å²) in [6, 6.07) is 9.76. The Morgan fingerprint density at radius 1 is 1.04 bits per heavy atom. The molecule has 3 nitrogen and oxygen atoms in total. The summed E-state index contributed by atoms with van der Waals surface area (Å²) in [5.41, 5.74) is 1.68. The molecule has 1 N–H and O–H groups in total. The molecule has 0 unspecified atom stereocenters. The van der Waals surface area contributed by atoms with E-state index in [9.17, 15) is 18.0 Å². The van der Waals surface area contributed by atoms with Gasteiger partial charge in [0.25, 0.3) is 5.91 Å². The van der Waals surface area contributed by atoms with Crippen molar-refractivity contribution in [1.29, 1.82) is 0 Å². The van der Waals surface area contributed by atoms with Gasteiger partial charge in [-0.15, -0.1) is 0 Å². The SMILES string of the molecule is Cc1ccc(O[C@H](C)C(=O)Nc2ccc(C(F)(F)F)cc2)cc1C. The van der Waals surface area contributed by atoms with Gasteiger partial charge < -0.3 is 10.1 Å². The van der Waals surface area contributed by atoms with E-state index in [0.29, 0.717) is 5.75 Å². The van der Waals surface area contributed by atoms with E-state index < -0.39 is 23.8 Å². The third kappa shape index (κ3) is 4.50. The minimum Gasteiger partial charge on any atom is -0.481 e. The lowest BCUT2D eigenvalue weighted by molar-refractivity contribution is -0.137. The first kappa shape index (κ1) is 17.8. The van der Waals surface area contributed by atoms with Crippen LogP contribution in [-0.4, -0.2) is 12.0 Å². The molecule has 24 heavy (non-hydrogen) atoms. The van der Waals surface area contributed by atoms with Gasteiger partial charge in [-0.3, -0.25) is 4.79 Å². The molecule has 0 saturated heterocycles. The van der Waals surface area contributed by atoms with Crippen molar-refractivity contribution in [2.45, 2.75) is 33.1 Å². The molecule has 0 radical (unpaired) electrons. The van der Waals surface area contributed by atoms with Gasteiger partial charge in [-0.25, -0.2) is 0 Å². The average Bonchev–Trinajstić information content (AvgIpc) is 2.50. The Hall–Kier alpha value is -2.50. The number of rotatable bonds is 4.